The summed E-state index contributed by atoms with van der Waals surface area (Å²) in [6, 6.07) is -0.649. The van der Waals surface area contributed by atoms with Gasteiger partial charge in [0.05, 0.1) is 13.4 Å². The summed E-state index contributed by atoms with van der Waals surface area (Å²) in [7, 11) is 1.28. The molecule has 8 bridgehead atoms. The van der Waals surface area contributed by atoms with Crippen molar-refractivity contribution < 1.29 is 29.0 Å². The summed E-state index contributed by atoms with van der Waals surface area (Å²) in [4.78, 5) is 56.3. The molecule has 61 heavy (non-hydrogen) atoms. The fraction of sp³-hybridized carbons (Fsp3) is 0.500. The number of esters is 2. The van der Waals surface area contributed by atoms with E-state index >= 15 is 0 Å². The molecule has 0 radical (unpaired) electrons. The zero-order chi connectivity index (χ0) is 43.4. The molecular formula is C50H62MgN4O6-2. The number of fused-ring (bicyclic) bond motifs is 8. The SMILES string of the molecule is C=Cc1c2[n-]c(c1C)/C=C1\[N-]C(C3=c4[n-]/c(c(C)c4C(=O)[C@@H]3C(=O)OC)=C\c3[n-]c(/c(=C\O)c3CC)=C\2)[C@@H](CCC(=O)OC/C=C(\C)CCC[C@@H](C)CCCC(C)C)[C@@H]1C.[Mg+2]. The van der Waals surface area contributed by atoms with Crippen molar-refractivity contribution in [1.29, 1.82) is 0 Å². The maximum Gasteiger partial charge on any atom is 2.00 e. The Kier molecular flexibility index (Phi) is 16.1. The molecule has 0 spiro atoms. The Bertz CT molecular complexity index is 2460. The van der Waals surface area contributed by atoms with Gasteiger partial charge in [0, 0.05) is 12.0 Å². The molecule has 3 aromatic heterocycles. The van der Waals surface area contributed by atoms with Crippen LogP contribution in [0.2, 0.25) is 0 Å². The van der Waals surface area contributed by atoms with E-state index < -0.39 is 17.9 Å². The van der Waals surface area contributed by atoms with Gasteiger partial charge in [-0.15, -0.1) is 33.1 Å². The second-order valence-corrected chi connectivity index (χ2v) is 17.5. The van der Waals surface area contributed by atoms with E-state index in [1.807, 2.05) is 45.1 Å². The quantitative estimate of drug-likeness (QED) is 0.0755. The van der Waals surface area contributed by atoms with Crippen molar-refractivity contribution in [3.05, 3.63) is 95.4 Å². The Labute approximate surface area is 377 Å². The molecule has 3 aliphatic rings. The summed E-state index contributed by atoms with van der Waals surface area (Å²) in [5.41, 5.74) is 7.97. The summed E-state index contributed by atoms with van der Waals surface area (Å²) < 4.78 is 11.0. The monoisotopic (exact) mass is 838 g/mol. The van der Waals surface area contributed by atoms with Crippen molar-refractivity contribution in [2.75, 3.05) is 13.7 Å². The van der Waals surface area contributed by atoms with Gasteiger partial charge in [0.1, 0.15) is 12.5 Å². The molecule has 5 atom stereocenters. The standard InChI is InChI=1S/C50H62N4O6.Mg/c1-11-33-30(7)37-23-38-31(8)35(19-20-43(56)60-22-21-29(6)18-14-17-28(5)16-13-15-27(3)4)47(53-38)45-46(50(58)59-10)49(57)44-32(9)39(54-48(44)45)24-41-34(12-2)36(26-55)42(52-41)25-40(33)51-37;/h11,21,23-28,31,35,46-47H,1,12-20,22H2,2-10H3,(H,55,57);/q-4;+2/b29-21+,38-23-,42-25-;/t28-,31-,35-,46+,47?;/m0./s1. The number of hydrogen-bond donors (Lipinski definition) is 1. The fourth-order valence-corrected chi connectivity index (χ4v) is 9.34. The van der Waals surface area contributed by atoms with Crippen LogP contribution in [0.15, 0.2) is 23.9 Å². The van der Waals surface area contributed by atoms with Gasteiger partial charge < -0.3 is 34.8 Å². The topological polar surface area (TPSA) is 146 Å². The van der Waals surface area contributed by atoms with Crippen LogP contribution in [0.4, 0.5) is 0 Å². The van der Waals surface area contributed by atoms with Crippen LogP contribution in [0.1, 0.15) is 143 Å². The molecule has 1 fully saturated rings. The Morgan fingerprint density at radius 1 is 0.951 bits per heavy atom. The van der Waals surface area contributed by atoms with Gasteiger partial charge in [-0.25, -0.2) is 0 Å². The number of aliphatic hydroxyl groups is 1. The number of rotatable bonds is 16. The van der Waals surface area contributed by atoms with Crippen LogP contribution < -0.4 is 36.2 Å². The third-order valence-corrected chi connectivity index (χ3v) is 13.0. The summed E-state index contributed by atoms with van der Waals surface area (Å²) >= 11 is 0. The first-order chi connectivity index (χ1) is 28.7. The molecule has 322 valence electrons. The normalized spacial score (nSPS) is 22.1. The van der Waals surface area contributed by atoms with Crippen LogP contribution in [0.25, 0.3) is 41.5 Å². The van der Waals surface area contributed by atoms with E-state index in [-0.39, 0.29) is 59.7 Å². The number of hydrogen-bond acceptors (Lipinski definition) is 6. The molecule has 6 rings (SSSR count). The van der Waals surface area contributed by atoms with Crippen molar-refractivity contribution in [3.63, 3.8) is 0 Å². The van der Waals surface area contributed by atoms with Crippen LogP contribution >= 0.6 is 0 Å². The van der Waals surface area contributed by atoms with E-state index in [4.69, 9.17) is 29.7 Å². The van der Waals surface area contributed by atoms with Crippen LogP contribution in [0.3, 0.4) is 0 Å². The number of nitrogens with zero attached hydrogens (tertiary/aromatic N) is 4. The number of carbonyl (C=O) groups excluding carboxylic acids is 3. The number of ketones is 1. The summed E-state index contributed by atoms with van der Waals surface area (Å²) in [5.74, 6) is -1.56. The molecule has 3 aromatic rings. The smallest absolute Gasteiger partial charge is 0.681 e. The second kappa shape index (κ2) is 20.6. The fourth-order valence-electron chi connectivity index (χ4n) is 9.34. The molecule has 10 nitrogen and oxygen atoms in total. The number of allylic oxidation sites excluding steroid dienone is 2. The minimum absolute atomic E-state index is 0. The largest absolute Gasteiger partial charge is 2.00 e. The van der Waals surface area contributed by atoms with Crippen molar-refractivity contribution in [1.82, 2.24) is 15.0 Å². The van der Waals surface area contributed by atoms with Gasteiger partial charge in [0.2, 0.25) is 0 Å². The van der Waals surface area contributed by atoms with E-state index in [0.717, 1.165) is 47.4 Å². The minimum Gasteiger partial charge on any atom is -0.681 e. The summed E-state index contributed by atoms with van der Waals surface area (Å²) in [6.45, 7) is 21.2. The molecule has 2 aliphatic heterocycles. The molecule has 1 N–H and O–H groups in total. The van der Waals surface area contributed by atoms with Crippen molar-refractivity contribution in [2.45, 2.75) is 119 Å². The Morgan fingerprint density at radius 3 is 2.34 bits per heavy atom. The molecule has 0 amide bonds. The molecular weight excluding hydrogens is 777 g/mol. The van der Waals surface area contributed by atoms with Crippen molar-refractivity contribution >= 4 is 76.9 Å². The predicted octanol–water partition coefficient (Wildman–Crippen LogP) is 6.35. The van der Waals surface area contributed by atoms with Gasteiger partial charge in [-0.3, -0.25) is 14.4 Å². The Balaban J connectivity index is 0.00000704. The molecule has 1 aliphatic carbocycles. The Morgan fingerprint density at radius 2 is 1.67 bits per heavy atom. The van der Waals surface area contributed by atoms with E-state index in [0.29, 0.717) is 73.8 Å². The first-order valence-electron chi connectivity index (χ1n) is 21.8. The van der Waals surface area contributed by atoms with Crippen LogP contribution in [-0.2, 0) is 25.5 Å². The van der Waals surface area contributed by atoms with Crippen LogP contribution in [0, 0.1) is 43.4 Å². The number of carbonyl (C=O) groups is 3. The van der Waals surface area contributed by atoms with Gasteiger partial charge in [0.25, 0.3) is 0 Å². The number of aliphatic hydroxyl groups excluding tert-OH is 1. The number of Topliss-reactive ketones (excluding diaryl/α,β-unsaturated/α-hetero) is 1. The van der Waals surface area contributed by atoms with Crippen LogP contribution in [-0.4, -0.2) is 65.6 Å². The molecule has 0 saturated carbocycles. The van der Waals surface area contributed by atoms with Gasteiger partial charge in [-0.05, 0) is 87.0 Å². The van der Waals surface area contributed by atoms with Gasteiger partial charge >= 0.3 is 35.0 Å². The molecule has 0 aromatic carbocycles. The van der Waals surface area contributed by atoms with E-state index in [1.54, 1.807) is 6.08 Å². The zero-order valence-electron chi connectivity index (χ0n) is 37.7. The third-order valence-electron chi connectivity index (χ3n) is 13.0. The maximum atomic E-state index is 14.3. The second-order valence-electron chi connectivity index (χ2n) is 17.5. The summed E-state index contributed by atoms with van der Waals surface area (Å²) in [6.07, 6.45) is 18.8. The third kappa shape index (κ3) is 9.93. The number of ether oxygens (including phenoxy) is 2. The molecule has 11 heteroatoms. The number of methoxy groups -OCH3 is 1. The zero-order valence-corrected chi connectivity index (χ0v) is 39.1. The maximum absolute atomic E-state index is 14.3. The van der Waals surface area contributed by atoms with Gasteiger partial charge in [-0.1, -0.05) is 125 Å². The Hall–Kier alpha value is -4.48. The molecule has 1 unspecified atom stereocenters. The predicted molar refractivity (Wildman–Crippen MR) is 243 cm³/mol. The van der Waals surface area contributed by atoms with Gasteiger partial charge in [0.15, 0.2) is 5.78 Å². The van der Waals surface area contributed by atoms with E-state index in [9.17, 15) is 19.5 Å². The van der Waals surface area contributed by atoms with Gasteiger partial charge in [-0.2, -0.15) is 5.70 Å². The average Bonchev–Trinajstić information content (AvgIpc) is 3.96. The van der Waals surface area contributed by atoms with E-state index in [2.05, 4.69) is 41.2 Å². The number of aromatic nitrogens is 3. The molecule has 1 saturated heterocycles. The minimum atomic E-state index is -1.22. The van der Waals surface area contributed by atoms with E-state index in [1.165, 1.54) is 38.4 Å². The summed E-state index contributed by atoms with van der Waals surface area (Å²) in [5, 5.41) is 17.8. The van der Waals surface area contributed by atoms with Crippen molar-refractivity contribution in [3.8, 4) is 0 Å². The molecule has 5 heterocycles. The van der Waals surface area contributed by atoms with Crippen molar-refractivity contribution in [2.24, 2.45) is 29.6 Å². The first kappa shape index (κ1) is 47.6. The van der Waals surface area contributed by atoms with Crippen LogP contribution in [0.5, 0.6) is 0 Å². The first-order valence-corrected chi connectivity index (χ1v) is 21.8. The average molecular weight is 839 g/mol.